The van der Waals surface area contributed by atoms with Crippen molar-refractivity contribution in [2.24, 2.45) is 0 Å². The molecule has 1 fully saturated rings. The molecule has 5 atom stereocenters. The Balaban J connectivity index is 1.65. The predicted molar refractivity (Wildman–Crippen MR) is 124 cm³/mol. The van der Waals surface area contributed by atoms with E-state index in [4.69, 9.17) is 9.47 Å². The van der Waals surface area contributed by atoms with Crippen LogP contribution < -0.4 is 5.32 Å². The highest BCUT2D eigenvalue weighted by Gasteiger charge is 2.44. The smallest absolute Gasteiger partial charge is 0.114 e. The van der Waals surface area contributed by atoms with Gasteiger partial charge in [-0.05, 0) is 29.1 Å². The van der Waals surface area contributed by atoms with Crippen LogP contribution in [0.15, 0.2) is 48.5 Å². The monoisotopic (exact) mass is 459 g/mol. The van der Waals surface area contributed by atoms with E-state index in [-0.39, 0.29) is 0 Å². The summed E-state index contributed by atoms with van der Waals surface area (Å²) in [6.07, 6.45) is -5.31. The molecule has 0 spiro atoms. The maximum atomic E-state index is 10.7. The molecule has 4 rings (SSSR count). The molecular weight excluding hydrogens is 430 g/mol. The third-order valence-corrected chi connectivity index (χ3v) is 6.91. The van der Waals surface area contributed by atoms with Crippen molar-refractivity contribution in [3.8, 4) is 0 Å². The number of thiophene rings is 1. The van der Waals surface area contributed by atoms with Gasteiger partial charge in [-0.15, -0.1) is 11.3 Å². The standard InChI is InChI=1S/C24H29NO6S/c1-30-9-8-25-18-7-6-14(10-16-12-15-4-2-3-5-20(15)32-16)11-17(18)24-23(29)22(28)21(27)19(13-26)31-24/h2-7,11-12,19,21-29H,8-10,13H2,1H3/t19?,21-,22?,23-,24?/m1/s1. The van der Waals surface area contributed by atoms with Gasteiger partial charge < -0.3 is 35.2 Å². The number of rotatable bonds is 8. The summed E-state index contributed by atoms with van der Waals surface area (Å²) in [5.74, 6) is 0. The van der Waals surface area contributed by atoms with Gasteiger partial charge in [-0.1, -0.05) is 30.3 Å². The van der Waals surface area contributed by atoms with Crippen LogP contribution in [0, 0.1) is 0 Å². The Kier molecular flexibility index (Phi) is 7.42. The zero-order valence-electron chi connectivity index (χ0n) is 17.8. The molecule has 8 heteroatoms. The quantitative estimate of drug-likeness (QED) is 0.328. The first-order chi connectivity index (χ1) is 15.5. The Labute approximate surface area is 190 Å². The highest BCUT2D eigenvalue weighted by Crippen LogP contribution is 2.37. The van der Waals surface area contributed by atoms with Crippen LogP contribution in [0.3, 0.4) is 0 Å². The Morgan fingerprint density at radius 2 is 1.84 bits per heavy atom. The minimum Gasteiger partial charge on any atom is -0.394 e. The van der Waals surface area contributed by atoms with Gasteiger partial charge in [0, 0.05) is 40.9 Å². The zero-order valence-corrected chi connectivity index (χ0v) is 18.7. The van der Waals surface area contributed by atoms with Gasteiger partial charge in [0.1, 0.15) is 30.5 Å². The second-order valence-corrected chi connectivity index (χ2v) is 9.19. The summed E-state index contributed by atoms with van der Waals surface area (Å²) in [5, 5.41) is 45.2. The van der Waals surface area contributed by atoms with E-state index >= 15 is 0 Å². The van der Waals surface area contributed by atoms with Crippen LogP contribution in [-0.2, 0) is 15.9 Å². The van der Waals surface area contributed by atoms with E-state index in [1.807, 2.05) is 30.3 Å². The molecule has 2 aromatic carbocycles. The summed E-state index contributed by atoms with van der Waals surface area (Å²) in [4.78, 5) is 1.21. The first-order valence-electron chi connectivity index (χ1n) is 10.7. The molecule has 1 saturated heterocycles. The summed E-state index contributed by atoms with van der Waals surface area (Å²) in [6, 6.07) is 16.3. The molecule has 0 bridgehead atoms. The number of nitrogens with one attached hydrogen (secondary N) is 1. The highest BCUT2D eigenvalue weighted by molar-refractivity contribution is 7.19. The average Bonchev–Trinajstić information content (AvgIpc) is 3.21. The van der Waals surface area contributed by atoms with E-state index in [0.29, 0.717) is 25.1 Å². The van der Waals surface area contributed by atoms with Crippen LogP contribution in [0.4, 0.5) is 5.69 Å². The van der Waals surface area contributed by atoms with E-state index in [2.05, 4.69) is 23.5 Å². The lowest BCUT2D eigenvalue weighted by Gasteiger charge is -2.40. The molecule has 0 amide bonds. The first-order valence-corrected chi connectivity index (χ1v) is 11.5. The molecule has 32 heavy (non-hydrogen) atoms. The van der Waals surface area contributed by atoms with Gasteiger partial charge in [-0.2, -0.15) is 0 Å². The van der Waals surface area contributed by atoms with Crippen LogP contribution in [0.1, 0.15) is 22.1 Å². The van der Waals surface area contributed by atoms with Gasteiger partial charge in [0.05, 0.1) is 13.2 Å². The molecule has 3 unspecified atom stereocenters. The molecule has 1 aliphatic heterocycles. The number of aliphatic hydroxyl groups is 4. The molecule has 0 aliphatic carbocycles. The minimum atomic E-state index is -1.43. The lowest BCUT2D eigenvalue weighted by atomic mass is 9.89. The maximum Gasteiger partial charge on any atom is 0.114 e. The normalized spacial score (nSPS) is 25.8. The van der Waals surface area contributed by atoms with Gasteiger partial charge in [0.15, 0.2) is 0 Å². The van der Waals surface area contributed by atoms with Crippen molar-refractivity contribution in [1.29, 1.82) is 0 Å². The van der Waals surface area contributed by atoms with E-state index in [9.17, 15) is 20.4 Å². The fourth-order valence-corrected chi connectivity index (χ4v) is 5.19. The third kappa shape index (κ3) is 4.82. The maximum absolute atomic E-state index is 10.7. The molecule has 1 aliphatic rings. The highest BCUT2D eigenvalue weighted by atomic mass is 32.1. The van der Waals surface area contributed by atoms with Gasteiger partial charge in [-0.3, -0.25) is 0 Å². The largest absolute Gasteiger partial charge is 0.394 e. The van der Waals surface area contributed by atoms with Crippen LogP contribution in [0.2, 0.25) is 0 Å². The van der Waals surface area contributed by atoms with E-state index < -0.39 is 37.1 Å². The van der Waals surface area contributed by atoms with Crippen molar-refractivity contribution >= 4 is 27.1 Å². The molecule has 1 aromatic heterocycles. The zero-order chi connectivity index (χ0) is 22.7. The number of anilines is 1. The number of benzene rings is 2. The Bertz CT molecular complexity index is 1010. The number of hydrogen-bond donors (Lipinski definition) is 5. The third-order valence-electron chi connectivity index (χ3n) is 5.79. The van der Waals surface area contributed by atoms with E-state index in [1.165, 1.54) is 15.0 Å². The molecule has 0 radical (unpaired) electrons. The fourth-order valence-electron chi connectivity index (χ4n) is 4.09. The predicted octanol–water partition coefficient (Wildman–Crippen LogP) is 2.07. The van der Waals surface area contributed by atoms with E-state index in [1.54, 1.807) is 18.4 Å². The number of hydrogen-bond acceptors (Lipinski definition) is 8. The van der Waals surface area contributed by atoms with Gasteiger partial charge in [-0.25, -0.2) is 0 Å². The first kappa shape index (κ1) is 23.1. The molecule has 172 valence electrons. The summed E-state index contributed by atoms with van der Waals surface area (Å²) < 4.78 is 12.2. The second-order valence-electron chi connectivity index (χ2n) is 8.02. The Morgan fingerprint density at radius 1 is 1.03 bits per heavy atom. The summed E-state index contributed by atoms with van der Waals surface area (Å²) in [6.45, 7) is 0.587. The minimum absolute atomic E-state index is 0.463. The lowest BCUT2D eigenvalue weighted by molar-refractivity contribution is -0.231. The molecule has 2 heterocycles. The van der Waals surface area contributed by atoms with Gasteiger partial charge >= 0.3 is 0 Å². The number of methoxy groups -OCH3 is 1. The Hall–Kier alpha value is -2.04. The number of ether oxygens (including phenoxy) is 2. The van der Waals surface area contributed by atoms with Crippen molar-refractivity contribution in [3.63, 3.8) is 0 Å². The van der Waals surface area contributed by atoms with E-state index in [0.717, 1.165) is 11.3 Å². The van der Waals surface area contributed by atoms with Gasteiger partial charge in [0.25, 0.3) is 0 Å². The summed E-state index contributed by atoms with van der Waals surface area (Å²) in [5.41, 5.74) is 2.43. The van der Waals surface area contributed by atoms with Crippen molar-refractivity contribution in [2.75, 3.05) is 32.2 Å². The Morgan fingerprint density at radius 3 is 2.59 bits per heavy atom. The topological polar surface area (TPSA) is 111 Å². The molecule has 0 saturated carbocycles. The lowest BCUT2D eigenvalue weighted by Crippen LogP contribution is -2.55. The van der Waals surface area contributed by atoms with Crippen LogP contribution in [0.25, 0.3) is 10.1 Å². The molecule has 3 aromatic rings. The van der Waals surface area contributed by atoms with Crippen LogP contribution >= 0.6 is 11.3 Å². The van der Waals surface area contributed by atoms with Crippen molar-refractivity contribution in [1.82, 2.24) is 0 Å². The van der Waals surface area contributed by atoms with Crippen molar-refractivity contribution in [2.45, 2.75) is 36.9 Å². The summed E-state index contributed by atoms with van der Waals surface area (Å²) >= 11 is 1.74. The summed E-state index contributed by atoms with van der Waals surface area (Å²) in [7, 11) is 1.62. The molecule has 7 nitrogen and oxygen atoms in total. The van der Waals surface area contributed by atoms with Crippen LogP contribution in [0.5, 0.6) is 0 Å². The second kappa shape index (κ2) is 10.3. The number of fused-ring (bicyclic) bond motifs is 1. The van der Waals surface area contributed by atoms with Crippen LogP contribution in [-0.4, -0.2) is 71.7 Å². The SMILES string of the molecule is COCCNc1ccc(Cc2cc3ccccc3s2)cc1C1OC(CO)[C@@H](O)C(O)[C@H]1O. The van der Waals surface area contributed by atoms with Crippen molar-refractivity contribution < 1.29 is 29.9 Å². The molecule has 5 N–H and O–H groups in total. The molecular formula is C24H29NO6S. The van der Waals surface area contributed by atoms with Crippen molar-refractivity contribution in [3.05, 3.63) is 64.5 Å². The average molecular weight is 460 g/mol. The van der Waals surface area contributed by atoms with Gasteiger partial charge in [0.2, 0.25) is 0 Å². The fraction of sp³-hybridized carbons (Fsp3) is 0.417. The number of aliphatic hydroxyl groups excluding tert-OH is 4.